The lowest BCUT2D eigenvalue weighted by molar-refractivity contribution is -0.150. The fourth-order valence-corrected chi connectivity index (χ4v) is 6.27. The van der Waals surface area contributed by atoms with E-state index in [0.717, 1.165) is 38.8 Å². The average Bonchev–Trinajstić information content (AvgIpc) is 2.94. The largest absolute Gasteiger partial charge is 0.466 e. The number of nitrogens with zero attached hydrogens (tertiary/aromatic N) is 1. The first kappa shape index (κ1) is 19.9. The topological polar surface area (TPSA) is 55.8 Å². The van der Waals surface area contributed by atoms with E-state index in [1.807, 2.05) is 6.92 Å². The molecule has 5 heteroatoms. The van der Waals surface area contributed by atoms with Crippen molar-refractivity contribution in [3.8, 4) is 0 Å². The molecule has 5 nitrogen and oxygen atoms in total. The van der Waals surface area contributed by atoms with Crippen molar-refractivity contribution in [2.45, 2.75) is 71.8 Å². The van der Waals surface area contributed by atoms with Gasteiger partial charge in [0.25, 0.3) is 0 Å². The third-order valence-corrected chi connectivity index (χ3v) is 7.76. The maximum Gasteiger partial charge on any atom is 0.310 e. The van der Waals surface area contributed by atoms with E-state index < -0.39 is 0 Å². The van der Waals surface area contributed by atoms with Crippen LogP contribution in [0.2, 0.25) is 0 Å². The summed E-state index contributed by atoms with van der Waals surface area (Å²) in [5, 5.41) is 0. The number of fused-ring (bicyclic) bond motifs is 2. The summed E-state index contributed by atoms with van der Waals surface area (Å²) in [5.74, 6) is 0.0773. The van der Waals surface area contributed by atoms with Gasteiger partial charge < -0.3 is 14.4 Å². The van der Waals surface area contributed by atoms with Gasteiger partial charge in [-0.2, -0.15) is 0 Å². The van der Waals surface area contributed by atoms with Crippen molar-refractivity contribution < 1.29 is 19.1 Å². The first-order chi connectivity index (χ1) is 13.4. The van der Waals surface area contributed by atoms with Gasteiger partial charge in [0.15, 0.2) is 0 Å². The number of carbonyl (C=O) groups is 2. The molecule has 0 radical (unpaired) electrons. The van der Waals surface area contributed by atoms with Crippen LogP contribution in [0.5, 0.6) is 0 Å². The van der Waals surface area contributed by atoms with Crippen LogP contribution >= 0.6 is 0 Å². The fourth-order valence-electron chi connectivity index (χ4n) is 6.27. The molecule has 1 saturated carbocycles. The van der Waals surface area contributed by atoms with Gasteiger partial charge in [0.1, 0.15) is 6.10 Å². The van der Waals surface area contributed by atoms with Gasteiger partial charge in [0, 0.05) is 19.0 Å². The standard InChI is InChI=1S/C23H35NO4/c1-4-27-21(25)16-8-6-10-24(13-16)14-18-17-11-19-15(2)7-5-9-23(19,3)12-20(17)28-22(18)26/h16-18,20H,4-14H2,1-3H3/t16-,17+,18-,20-,23-/m0/s1. The lowest BCUT2D eigenvalue weighted by Crippen LogP contribution is -2.45. The lowest BCUT2D eigenvalue weighted by atomic mass is 9.59. The molecule has 0 spiro atoms. The molecular formula is C23H35NO4. The van der Waals surface area contributed by atoms with Crippen molar-refractivity contribution >= 4 is 11.9 Å². The number of likely N-dealkylation sites (tertiary alicyclic amines) is 1. The number of piperidine rings is 1. The van der Waals surface area contributed by atoms with Gasteiger partial charge in [-0.1, -0.05) is 18.1 Å². The summed E-state index contributed by atoms with van der Waals surface area (Å²) in [5.41, 5.74) is 3.37. The zero-order valence-corrected chi connectivity index (χ0v) is 17.7. The molecule has 0 unspecified atom stereocenters. The summed E-state index contributed by atoms with van der Waals surface area (Å²) < 4.78 is 11.1. The summed E-state index contributed by atoms with van der Waals surface area (Å²) in [6.45, 7) is 9.33. The van der Waals surface area contributed by atoms with Crippen LogP contribution in [-0.4, -0.2) is 49.2 Å². The second-order valence-corrected chi connectivity index (χ2v) is 9.68. The van der Waals surface area contributed by atoms with E-state index in [1.54, 1.807) is 11.1 Å². The van der Waals surface area contributed by atoms with E-state index in [2.05, 4.69) is 18.7 Å². The predicted molar refractivity (Wildman–Crippen MR) is 107 cm³/mol. The van der Waals surface area contributed by atoms with E-state index in [-0.39, 0.29) is 35.3 Å². The second-order valence-electron chi connectivity index (χ2n) is 9.68. The Bertz CT molecular complexity index is 672. The van der Waals surface area contributed by atoms with Crippen LogP contribution in [0.3, 0.4) is 0 Å². The summed E-state index contributed by atoms with van der Waals surface area (Å²) in [6.07, 6.45) is 7.62. The normalized spacial score (nSPS) is 38.6. The summed E-state index contributed by atoms with van der Waals surface area (Å²) in [7, 11) is 0. The van der Waals surface area contributed by atoms with Gasteiger partial charge >= 0.3 is 11.9 Å². The highest BCUT2D eigenvalue weighted by Gasteiger charge is 2.53. The maximum absolute atomic E-state index is 12.8. The molecule has 0 aromatic carbocycles. The number of esters is 2. The van der Waals surface area contributed by atoms with Crippen molar-refractivity contribution in [3.05, 3.63) is 11.1 Å². The van der Waals surface area contributed by atoms with Gasteiger partial charge in [-0.05, 0) is 70.8 Å². The molecule has 4 aliphatic rings. The van der Waals surface area contributed by atoms with Crippen LogP contribution in [0.4, 0.5) is 0 Å². The third-order valence-electron chi connectivity index (χ3n) is 7.76. The zero-order valence-electron chi connectivity index (χ0n) is 17.7. The minimum absolute atomic E-state index is 0.0197. The van der Waals surface area contributed by atoms with Crippen molar-refractivity contribution in [2.24, 2.45) is 23.2 Å². The number of rotatable bonds is 4. The van der Waals surface area contributed by atoms with E-state index in [1.165, 1.54) is 19.3 Å². The molecule has 156 valence electrons. The molecule has 2 saturated heterocycles. The Morgan fingerprint density at radius 1 is 1.36 bits per heavy atom. The lowest BCUT2D eigenvalue weighted by Gasteiger charge is -2.46. The molecule has 2 aliphatic carbocycles. The minimum Gasteiger partial charge on any atom is -0.466 e. The van der Waals surface area contributed by atoms with Crippen LogP contribution in [0.1, 0.15) is 65.7 Å². The van der Waals surface area contributed by atoms with Gasteiger partial charge in [0.05, 0.1) is 18.4 Å². The van der Waals surface area contributed by atoms with Gasteiger partial charge in [-0.15, -0.1) is 0 Å². The fraction of sp³-hybridized carbons (Fsp3) is 0.826. The number of ether oxygens (including phenoxy) is 2. The number of carbonyl (C=O) groups excluding carboxylic acids is 2. The average molecular weight is 390 g/mol. The highest BCUT2D eigenvalue weighted by molar-refractivity contribution is 5.76. The second kappa shape index (κ2) is 7.81. The van der Waals surface area contributed by atoms with Crippen LogP contribution in [0, 0.1) is 23.2 Å². The van der Waals surface area contributed by atoms with Gasteiger partial charge in [0.2, 0.25) is 0 Å². The van der Waals surface area contributed by atoms with E-state index in [0.29, 0.717) is 19.1 Å². The molecule has 2 heterocycles. The first-order valence-electron chi connectivity index (χ1n) is 11.2. The van der Waals surface area contributed by atoms with E-state index >= 15 is 0 Å². The Morgan fingerprint density at radius 2 is 2.18 bits per heavy atom. The van der Waals surface area contributed by atoms with Crippen molar-refractivity contribution in [2.75, 3.05) is 26.2 Å². The number of allylic oxidation sites excluding steroid dienone is 2. The summed E-state index contributed by atoms with van der Waals surface area (Å²) >= 11 is 0. The Balaban J connectivity index is 1.45. The Kier molecular flexibility index (Phi) is 5.56. The minimum atomic E-state index is -0.0875. The molecule has 5 atom stereocenters. The van der Waals surface area contributed by atoms with E-state index in [4.69, 9.17) is 9.47 Å². The van der Waals surface area contributed by atoms with E-state index in [9.17, 15) is 9.59 Å². The van der Waals surface area contributed by atoms with Gasteiger partial charge in [-0.25, -0.2) is 0 Å². The SMILES string of the molecule is CCOC(=O)[C@H]1CCCN(C[C@@H]2C(=O)O[C@H]3C[C@]4(C)CCCC(C)=C4C[C@@H]32)C1. The number of hydrogen-bond donors (Lipinski definition) is 0. The molecule has 0 amide bonds. The summed E-state index contributed by atoms with van der Waals surface area (Å²) in [6, 6.07) is 0. The Labute approximate surface area is 168 Å². The van der Waals surface area contributed by atoms with Crippen LogP contribution < -0.4 is 0 Å². The monoisotopic (exact) mass is 389 g/mol. The quantitative estimate of drug-likeness (QED) is 0.542. The van der Waals surface area contributed by atoms with Crippen LogP contribution in [0.15, 0.2) is 11.1 Å². The molecule has 0 N–H and O–H groups in total. The highest BCUT2D eigenvalue weighted by atomic mass is 16.6. The molecule has 3 fully saturated rings. The smallest absolute Gasteiger partial charge is 0.310 e. The molecule has 0 aromatic rings. The van der Waals surface area contributed by atoms with Crippen LogP contribution in [-0.2, 0) is 19.1 Å². The first-order valence-corrected chi connectivity index (χ1v) is 11.2. The molecule has 28 heavy (non-hydrogen) atoms. The molecule has 0 bridgehead atoms. The summed E-state index contributed by atoms with van der Waals surface area (Å²) in [4.78, 5) is 27.2. The Hall–Kier alpha value is -1.36. The van der Waals surface area contributed by atoms with Crippen molar-refractivity contribution in [3.63, 3.8) is 0 Å². The Morgan fingerprint density at radius 3 is 2.96 bits per heavy atom. The van der Waals surface area contributed by atoms with Crippen LogP contribution in [0.25, 0.3) is 0 Å². The third kappa shape index (κ3) is 3.62. The van der Waals surface area contributed by atoms with Crippen molar-refractivity contribution in [1.29, 1.82) is 0 Å². The van der Waals surface area contributed by atoms with Gasteiger partial charge in [-0.3, -0.25) is 9.59 Å². The number of hydrogen-bond acceptors (Lipinski definition) is 5. The highest BCUT2D eigenvalue weighted by Crippen LogP contribution is 2.55. The van der Waals surface area contributed by atoms with Crippen molar-refractivity contribution in [1.82, 2.24) is 4.90 Å². The molecule has 4 rings (SSSR count). The predicted octanol–water partition coefficient (Wildman–Crippen LogP) is 3.72. The molecular weight excluding hydrogens is 354 g/mol. The molecule has 2 aliphatic heterocycles. The zero-order chi connectivity index (χ0) is 19.9. The maximum atomic E-state index is 12.8. The molecule has 0 aromatic heterocycles.